The molecule has 2 amide bonds. The Labute approximate surface area is 243 Å². The highest BCUT2D eigenvalue weighted by Gasteiger charge is 2.24. The first kappa shape index (κ1) is 28.9. The van der Waals surface area contributed by atoms with Gasteiger partial charge in [0.2, 0.25) is 17.6 Å². The molecule has 3 N–H and O–H groups in total. The minimum Gasteiger partial charge on any atom is -0.496 e. The van der Waals surface area contributed by atoms with Crippen LogP contribution in [0.3, 0.4) is 0 Å². The molecule has 1 aliphatic heterocycles. The van der Waals surface area contributed by atoms with Crippen LogP contribution in [0.2, 0.25) is 0 Å². The van der Waals surface area contributed by atoms with Gasteiger partial charge in [-0.25, -0.2) is 9.97 Å². The van der Waals surface area contributed by atoms with E-state index < -0.39 is 6.04 Å². The number of H-pyrrole nitrogens is 1. The molecule has 0 bridgehead atoms. The van der Waals surface area contributed by atoms with Crippen molar-refractivity contribution >= 4 is 28.5 Å². The number of ketones is 1. The first-order valence-corrected chi connectivity index (χ1v) is 14.1. The number of carbonyl (C=O) groups excluding carboxylic acids is 3. The maximum absolute atomic E-state index is 13.0. The lowest BCUT2D eigenvalue weighted by Crippen LogP contribution is -2.51. The Kier molecular flexibility index (Phi) is 9.22. The highest BCUT2D eigenvalue weighted by Crippen LogP contribution is 2.33. The smallest absolute Gasteiger partial charge is 0.263 e. The van der Waals surface area contributed by atoms with Gasteiger partial charge in [-0.15, -0.1) is 0 Å². The number of oxazole rings is 1. The topological polar surface area (TPSA) is 155 Å². The zero-order chi connectivity index (χ0) is 29.5. The second kappa shape index (κ2) is 13.4. The number of Topliss-reactive ketones (excluding diaryl/α,β-unsaturated/α-hetero) is 1. The van der Waals surface area contributed by atoms with Gasteiger partial charge in [-0.05, 0) is 31.9 Å². The Morgan fingerprint density at radius 2 is 2.07 bits per heavy atom. The molecular formula is C30H35N7O5. The molecule has 1 fully saturated rings. The average Bonchev–Trinajstić information content (AvgIpc) is 3.70. The number of imidazole rings is 1. The number of nitrogens with zero attached hydrogens (tertiary/aromatic N) is 4. The standard InChI is InChI=1S/C30H35N7O5/c1-19-8-9-20-14-21(26(41-2)15-23(20)34-19)24-16-33-29(36-24)22(35-27(39)18-37-12-10-31-17-28(37)40)6-4-3-5-7-25(38)30-32-11-13-42-30/h8-9,11,13-16,22,31H,3-7,10,12,17-18H2,1-2H3,(H,33,36)(H,35,39). The molecule has 12 heteroatoms. The lowest BCUT2D eigenvalue weighted by Gasteiger charge is -2.27. The van der Waals surface area contributed by atoms with Crippen LogP contribution in [0.5, 0.6) is 5.75 Å². The van der Waals surface area contributed by atoms with Crippen LogP contribution in [0, 0.1) is 6.92 Å². The number of benzene rings is 1. The van der Waals surface area contributed by atoms with Crippen LogP contribution in [0.4, 0.5) is 0 Å². The van der Waals surface area contributed by atoms with E-state index in [1.165, 1.54) is 12.5 Å². The van der Waals surface area contributed by atoms with Crippen molar-refractivity contribution in [2.75, 3.05) is 33.3 Å². The van der Waals surface area contributed by atoms with Gasteiger partial charge in [-0.1, -0.05) is 18.9 Å². The van der Waals surface area contributed by atoms with E-state index in [4.69, 9.17) is 9.15 Å². The minimum absolute atomic E-state index is 0.0137. The lowest BCUT2D eigenvalue weighted by atomic mass is 10.0. The molecule has 1 saturated heterocycles. The van der Waals surface area contributed by atoms with Crippen molar-refractivity contribution in [1.82, 2.24) is 35.5 Å². The quantitative estimate of drug-likeness (QED) is 0.161. The number of aromatic amines is 1. The number of hydrogen-bond donors (Lipinski definition) is 3. The number of piperazine rings is 1. The van der Waals surface area contributed by atoms with E-state index in [0.717, 1.165) is 40.7 Å². The Bertz CT molecular complexity index is 1550. The van der Waals surface area contributed by atoms with Gasteiger partial charge in [0, 0.05) is 42.2 Å². The van der Waals surface area contributed by atoms with E-state index in [9.17, 15) is 14.4 Å². The second-order valence-electron chi connectivity index (χ2n) is 10.4. The van der Waals surface area contributed by atoms with Crippen molar-refractivity contribution in [3.8, 4) is 17.0 Å². The van der Waals surface area contributed by atoms with Gasteiger partial charge in [0.25, 0.3) is 5.89 Å². The van der Waals surface area contributed by atoms with E-state index in [1.807, 2.05) is 31.2 Å². The van der Waals surface area contributed by atoms with Crippen LogP contribution in [-0.4, -0.2) is 75.7 Å². The zero-order valence-corrected chi connectivity index (χ0v) is 23.8. The normalized spacial score (nSPS) is 14.2. The molecule has 5 rings (SSSR count). The summed E-state index contributed by atoms with van der Waals surface area (Å²) < 4.78 is 10.8. The summed E-state index contributed by atoms with van der Waals surface area (Å²) in [6.45, 7) is 3.30. The van der Waals surface area contributed by atoms with E-state index >= 15 is 0 Å². The maximum Gasteiger partial charge on any atom is 0.263 e. The third-order valence-electron chi connectivity index (χ3n) is 7.29. The summed E-state index contributed by atoms with van der Waals surface area (Å²) in [7, 11) is 1.62. The Morgan fingerprint density at radius 3 is 2.86 bits per heavy atom. The number of aromatic nitrogens is 4. The maximum atomic E-state index is 13.0. The van der Waals surface area contributed by atoms with Crippen molar-refractivity contribution < 1.29 is 23.5 Å². The van der Waals surface area contributed by atoms with Crippen LogP contribution in [0.15, 0.2) is 47.3 Å². The number of rotatable bonds is 13. The van der Waals surface area contributed by atoms with Gasteiger partial charge in [0.15, 0.2) is 0 Å². The molecule has 1 unspecified atom stereocenters. The predicted octanol–water partition coefficient (Wildman–Crippen LogP) is 3.35. The van der Waals surface area contributed by atoms with Crippen LogP contribution in [0.25, 0.3) is 22.2 Å². The first-order valence-electron chi connectivity index (χ1n) is 14.1. The molecular weight excluding hydrogens is 538 g/mol. The predicted molar refractivity (Wildman–Crippen MR) is 155 cm³/mol. The number of pyridine rings is 1. The lowest BCUT2D eigenvalue weighted by molar-refractivity contribution is -0.137. The highest BCUT2D eigenvalue weighted by molar-refractivity contribution is 5.91. The van der Waals surface area contributed by atoms with Crippen molar-refractivity contribution in [2.45, 2.75) is 45.1 Å². The van der Waals surface area contributed by atoms with E-state index in [0.29, 0.717) is 43.9 Å². The molecule has 42 heavy (non-hydrogen) atoms. The van der Waals surface area contributed by atoms with Crippen LogP contribution < -0.4 is 15.4 Å². The highest BCUT2D eigenvalue weighted by atomic mass is 16.5. The summed E-state index contributed by atoms with van der Waals surface area (Å²) in [4.78, 5) is 55.5. The Morgan fingerprint density at radius 1 is 1.19 bits per heavy atom. The van der Waals surface area contributed by atoms with Crippen molar-refractivity contribution in [2.24, 2.45) is 0 Å². The molecule has 1 atom stereocenters. The summed E-state index contributed by atoms with van der Waals surface area (Å²) in [6.07, 6.45) is 7.69. The summed E-state index contributed by atoms with van der Waals surface area (Å²) in [6, 6.07) is 7.48. The fraction of sp³-hybridized carbons (Fsp3) is 0.400. The summed E-state index contributed by atoms with van der Waals surface area (Å²) in [5.74, 6) is 0.903. The SMILES string of the molecule is COc1cc2nc(C)ccc2cc1-c1cnc(C(CCCCCC(=O)c2ncco2)NC(=O)CN2CCNCC2=O)[nH]1. The number of unbranched alkanes of at least 4 members (excludes halogenated alkanes) is 2. The summed E-state index contributed by atoms with van der Waals surface area (Å²) in [5, 5.41) is 7.06. The third kappa shape index (κ3) is 7.00. The second-order valence-corrected chi connectivity index (χ2v) is 10.4. The molecule has 1 aliphatic rings. The van der Waals surface area contributed by atoms with Crippen LogP contribution in [0.1, 0.15) is 60.3 Å². The fourth-order valence-electron chi connectivity index (χ4n) is 5.07. The molecule has 0 radical (unpaired) electrons. The summed E-state index contributed by atoms with van der Waals surface area (Å²) >= 11 is 0. The number of methoxy groups -OCH3 is 1. The number of hydrogen-bond acceptors (Lipinski definition) is 9. The monoisotopic (exact) mass is 573 g/mol. The molecule has 4 heterocycles. The van der Waals surface area contributed by atoms with Crippen LogP contribution in [-0.2, 0) is 9.59 Å². The third-order valence-corrected chi connectivity index (χ3v) is 7.29. The van der Waals surface area contributed by atoms with Gasteiger partial charge >= 0.3 is 0 Å². The molecule has 4 aromatic rings. The number of nitrogens with one attached hydrogen (secondary N) is 3. The van der Waals surface area contributed by atoms with E-state index in [-0.39, 0.29) is 36.6 Å². The fourth-order valence-corrected chi connectivity index (χ4v) is 5.07. The zero-order valence-electron chi connectivity index (χ0n) is 23.8. The molecule has 1 aromatic carbocycles. The van der Waals surface area contributed by atoms with Gasteiger partial charge < -0.3 is 29.7 Å². The first-order chi connectivity index (χ1) is 20.4. The number of amides is 2. The Balaban J connectivity index is 1.30. The molecule has 0 spiro atoms. The minimum atomic E-state index is -0.414. The van der Waals surface area contributed by atoms with Crippen molar-refractivity contribution in [1.29, 1.82) is 0 Å². The van der Waals surface area contributed by atoms with Crippen molar-refractivity contribution in [3.63, 3.8) is 0 Å². The number of fused-ring (bicyclic) bond motifs is 1. The van der Waals surface area contributed by atoms with Gasteiger partial charge in [0.05, 0.1) is 49.8 Å². The van der Waals surface area contributed by atoms with Crippen LogP contribution >= 0.6 is 0 Å². The van der Waals surface area contributed by atoms with Gasteiger partial charge in [-0.3, -0.25) is 19.4 Å². The van der Waals surface area contributed by atoms with E-state index in [1.54, 1.807) is 18.2 Å². The van der Waals surface area contributed by atoms with Gasteiger partial charge in [-0.2, -0.15) is 0 Å². The Hall–Kier alpha value is -4.58. The largest absolute Gasteiger partial charge is 0.496 e. The van der Waals surface area contributed by atoms with Gasteiger partial charge in [0.1, 0.15) is 17.8 Å². The summed E-state index contributed by atoms with van der Waals surface area (Å²) in [5.41, 5.74) is 3.34. The number of aryl methyl sites for hydroxylation is 1. The van der Waals surface area contributed by atoms with Crippen molar-refractivity contribution in [3.05, 3.63) is 60.3 Å². The molecule has 220 valence electrons. The number of carbonyl (C=O) groups is 3. The average molecular weight is 574 g/mol. The molecule has 12 nitrogen and oxygen atoms in total. The molecule has 0 aliphatic carbocycles. The number of ether oxygens (including phenoxy) is 1. The molecule has 0 saturated carbocycles. The molecule has 3 aromatic heterocycles. The van der Waals surface area contributed by atoms with E-state index in [2.05, 4.69) is 30.6 Å².